The Kier molecular flexibility index (Phi) is 3.41. The van der Waals surface area contributed by atoms with E-state index in [-0.39, 0.29) is 11.9 Å². The van der Waals surface area contributed by atoms with Crippen LogP contribution >= 0.6 is 0 Å². The molecular weight excluding hydrogens is 226 g/mol. The third-order valence-electron chi connectivity index (χ3n) is 3.36. The molecule has 1 aromatic carbocycles. The number of benzene rings is 1. The van der Waals surface area contributed by atoms with E-state index in [1.807, 2.05) is 14.0 Å². The molecule has 0 fully saturated rings. The van der Waals surface area contributed by atoms with Crippen molar-refractivity contribution in [1.82, 2.24) is 4.57 Å². The molecule has 0 aliphatic rings. The number of aryl methyl sites for hydroxylation is 2. The van der Waals surface area contributed by atoms with E-state index < -0.39 is 0 Å². The van der Waals surface area contributed by atoms with Crippen molar-refractivity contribution in [2.75, 3.05) is 7.11 Å². The Bertz CT molecular complexity index is 583. The molecule has 0 saturated carbocycles. The number of rotatable bonds is 3. The first kappa shape index (κ1) is 12.7. The molecule has 0 spiro atoms. The van der Waals surface area contributed by atoms with E-state index in [1.54, 1.807) is 0 Å². The predicted octanol–water partition coefficient (Wildman–Crippen LogP) is 2.84. The van der Waals surface area contributed by atoms with Crippen molar-refractivity contribution in [2.45, 2.75) is 20.3 Å². The summed E-state index contributed by atoms with van der Waals surface area (Å²) < 4.78 is 6.89. The number of methoxy groups -OCH3 is 1. The third-order valence-corrected chi connectivity index (χ3v) is 3.36. The van der Waals surface area contributed by atoms with Gasteiger partial charge in [-0.3, -0.25) is 4.79 Å². The van der Waals surface area contributed by atoms with Gasteiger partial charge in [0, 0.05) is 24.1 Å². The van der Waals surface area contributed by atoms with Gasteiger partial charge in [0.2, 0.25) is 0 Å². The Labute approximate surface area is 107 Å². The molecule has 3 heteroatoms. The summed E-state index contributed by atoms with van der Waals surface area (Å²) in [6.07, 6.45) is 2.82. The Hall–Kier alpha value is -1.77. The maximum atomic E-state index is 11.5. The SMILES string of the molecule is COC(=O)[C@@H](C)Cc1cn(C)c2ccc(C)cc12. The largest absolute Gasteiger partial charge is 0.469 e. The third kappa shape index (κ3) is 2.26. The van der Waals surface area contributed by atoms with Gasteiger partial charge in [0.1, 0.15) is 0 Å². The highest BCUT2D eigenvalue weighted by Gasteiger charge is 2.16. The van der Waals surface area contributed by atoms with Crippen LogP contribution in [0.5, 0.6) is 0 Å². The van der Waals surface area contributed by atoms with Gasteiger partial charge in [0.05, 0.1) is 13.0 Å². The van der Waals surface area contributed by atoms with Gasteiger partial charge >= 0.3 is 5.97 Å². The Morgan fingerprint density at radius 2 is 2.17 bits per heavy atom. The van der Waals surface area contributed by atoms with Gasteiger partial charge in [-0.05, 0) is 31.0 Å². The second-order valence-corrected chi connectivity index (χ2v) is 4.91. The first-order valence-corrected chi connectivity index (χ1v) is 6.15. The summed E-state index contributed by atoms with van der Waals surface area (Å²) in [5.74, 6) is -0.263. The predicted molar refractivity (Wildman–Crippen MR) is 72.5 cm³/mol. The first-order chi connectivity index (χ1) is 8.52. The van der Waals surface area contributed by atoms with Gasteiger partial charge in [0.25, 0.3) is 0 Å². The molecule has 0 bridgehead atoms. The van der Waals surface area contributed by atoms with Crippen LogP contribution in [0.1, 0.15) is 18.1 Å². The molecule has 1 atom stereocenters. The van der Waals surface area contributed by atoms with Crippen molar-refractivity contribution in [3.8, 4) is 0 Å². The lowest BCUT2D eigenvalue weighted by atomic mass is 10.00. The summed E-state index contributed by atoms with van der Waals surface area (Å²) in [7, 11) is 3.47. The lowest BCUT2D eigenvalue weighted by Crippen LogP contribution is -2.14. The van der Waals surface area contributed by atoms with Crippen LogP contribution in [-0.2, 0) is 23.0 Å². The van der Waals surface area contributed by atoms with Crippen LogP contribution in [0.25, 0.3) is 10.9 Å². The fourth-order valence-corrected chi connectivity index (χ4v) is 2.36. The van der Waals surface area contributed by atoms with E-state index in [0.717, 1.165) is 0 Å². The van der Waals surface area contributed by atoms with Crippen LogP contribution in [0.15, 0.2) is 24.4 Å². The summed E-state index contributed by atoms with van der Waals surface area (Å²) in [6, 6.07) is 6.40. The molecule has 0 aliphatic heterocycles. The standard InChI is InChI=1S/C15H19NO2/c1-10-5-6-14-13(7-10)12(9-16(14)3)8-11(2)15(17)18-4/h5-7,9,11H,8H2,1-4H3/t11-/m0/s1. The van der Waals surface area contributed by atoms with Crippen LogP contribution in [0.2, 0.25) is 0 Å². The van der Waals surface area contributed by atoms with Crippen LogP contribution in [0.3, 0.4) is 0 Å². The maximum absolute atomic E-state index is 11.5. The van der Waals surface area contributed by atoms with E-state index in [2.05, 4.69) is 35.9 Å². The number of fused-ring (bicyclic) bond motifs is 1. The van der Waals surface area contributed by atoms with Crippen molar-refractivity contribution in [2.24, 2.45) is 13.0 Å². The number of hydrogen-bond acceptors (Lipinski definition) is 2. The van der Waals surface area contributed by atoms with E-state index in [1.165, 1.54) is 29.1 Å². The smallest absolute Gasteiger partial charge is 0.308 e. The minimum absolute atomic E-state index is 0.110. The molecule has 96 valence electrons. The number of carbonyl (C=O) groups excluding carboxylic acids is 1. The average Bonchev–Trinajstić information content (AvgIpc) is 2.64. The van der Waals surface area contributed by atoms with Gasteiger partial charge in [-0.15, -0.1) is 0 Å². The molecule has 3 nitrogen and oxygen atoms in total. The highest BCUT2D eigenvalue weighted by atomic mass is 16.5. The number of aromatic nitrogens is 1. The van der Waals surface area contributed by atoms with Crippen molar-refractivity contribution in [3.05, 3.63) is 35.5 Å². The van der Waals surface area contributed by atoms with Gasteiger partial charge in [-0.25, -0.2) is 0 Å². The number of esters is 1. The fraction of sp³-hybridized carbons (Fsp3) is 0.400. The molecule has 18 heavy (non-hydrogen) atoms. The monoisotopic (exact) mass is 245 g/mol. The van der Waals surface area contributed by atoms with Gasteiger partial charge in [-0.1, -0.05) is 18.6 Å². The lowest BCUT2D eigenvalue weighted by molar-refractivity contribution is -0.144. The summed E-state index contributed by atoms with van der Waals surface area (Å²) in [6.45, 7) is 3.99. The zero-order chi connectivity index (χ0) is 13.3. The van der Waals surface area contributed by atoms with Gasteiger partial charge in [0.15, 0.2) is 0 Å². The van der Waals surface area contributed by atoms with Crippen molar-refractivity contribution < 1.29 is 9.53 Å². The highest BCUT2D eigenvalue weighted by Crippen LogP contribution is 2.24. The lowest BCUT2D eigenvalue weighted by Gasteiger charge is -2.08. The van der Waals surface area contributed by atoms with E-state index in [9.17, 15) is 4.79 Å². The number of carbonyl (C=O) groups is 1. The quantitative estimate of drug-likeness (QED) is 0.779. The Morgan fingerprint density at radius 1 is 1.44 bits per heavy atom. The molecule has 1 heterocycles. The second-order valence-electron chi connectivity index (χ2n) is 4.91. The summed E-state index contributed by atoms with van der Waals surface area (Å²) in [4.78, 5) is 11.5. The Balaban J connectivity index is 2.39. The normalized spacial score (nSPS) is 12.7. The molecule has 2 aromatic rings. The highest BCUT2D eigenvalue weighted by molar-refractivity contribution is 5.85. The van der Waals surface area contributed by atoms with Crippen LogP contribution in [0, 0.1) is 12.8 Å². The molecule has 0 unspecified atom stereocenters. The Morgan fingerprint density at radius 3 is 2.83 bits per heavy atom. The average molecular weight is 245 g/mol. The molecule has 0 radical (unpaired) electrons. The summed E-state index contributed by atoms with van der Waals surface area (Å²) >= 11 is 0. The van der Waals surface area contributed by atoms with Gasteiger partial charge in [-0.2, -0.15) is 0 Å². The minimum Gasteiger partial charge on any atom is -0.469 e. The zero-order valence-corrected chi connectivity index (χ0v) is 11.4. The van der Waals surface area contributed by atoms with E-state index >= 15 is 0 Å². The fourth-order valence-electron chi connectivity index (χ4n) is 2.36. The molecule has 0 amide bonds. The van der Waals surface area contributed by atoms with Crippen LogP contribution in [-0.4, -0.2) is 17.6 Å². The number of hydrogen-bond donors (Lipinski definition) is 0. The summed E-state index contributed by atoms with van der Waals surface area (Å²) in [5.41, 5.74) is 3.64. The maximum Gasteiger partial charge on any atom is 0.308 e. The molecule has 0 aliphatic carbocycles. The molecular formula is C15H19NO2. The van der Waals surface area contributed by atoms with Crippen molar-refractivity contribution >= 4 is 16.9 Å². The number of ether oxygens (including phenoxy) is 1. The molecule has 0 saturated heterocycles. The number of nitrogens with zero attached hydrogens (tertiary/aromatic N) is 1. The molecule has 1 aromatic heterocycles. The van der Waals surface area contributed by atoms with E-state index in [0.29, 0.717) is 6.42 Å². The first-order valence-electron chi connectivity index (χ1n) is 6.15. The van der Waals surface area contributed by atoms with E-state index in [4.69, 9.17) is 4.74 Å². The zero-order valence-electron chi connectivity index (χ0n) is 11.4. The van der Waals surface area contributed by atoms with Crippen LogP contribution in [0.4, 0.5) is 0 Å². The summed E-state index contributed by atoms with van der Waals surface area (Å²) in [5, 5.41) is 1.23. The van der Waals surface area contributed by atoms with Gasteiger partial charge < -0.3 is 9.30 Å². The van der Waals surface area contributed by atoms with Crippen molar-refractivity contribution in [1.29, 1.82) is 0 Å². The molecule has 0 N–H and O–H groups in total. The van der Waals surface area contributed by atoms with Crippen LogP contribution < -0.4 is 0 Å². The topological polar surface area (TPSA) is 31.2 Å². The minimum atomic E-state index is -0.153. The molecule has 2 rings (SSSR count). The second kappa shape index (κ2) is 4.84. The van der Waals surface area contributed by atoms with Crippen molar-refractivity contribution in [3.63, 3.8) is 0 Å².